The van der Waals surface area contributed by atoms with Crippen LogP contribution in [-0.4, -0.2) is 20.6 Å². The number of Topliss-reactive ketones (excluding diaryl/α,β-unsaturated/α-hetero) is 1. The van der Waals surface area contributed by atoms with Crippen molar-refractivity contribution >= 4 is 40.0 Å². The van der Waals surface area contributed by atoms with Gasteiger partial charge in [-0.05, 0) is 50.2 Å². The van der Waals surface area contributed by atoms with Crippen molar-refractivity contribution in [2.75, 3.05) is 0 Å². The van der Waals surface area contributed by atoms with E-state index in [9.17, 15) is 9.59 Å². The minimum absolute atomic E-state index is 0.0215. The molecule has 25 heavy (non-hydrogen) atoms. The zero-order chi connectivity index (χ0) is 18.0. The van der Waals surface area contributed by atoms with Crippen LogP contribution in [-0.2, 0) is 6.54 Å². The second kappa shape index (κ2) is 7.42. The monoisotopic (exact) mass is 372 g/mol. The van der Waals surface area contributed by atoms with E-state index >= 15 is 0 Å². The zero-order valence-electron chi connectivity index (χ0n) is 13.9. The average Bonchev–Trinajstić information content (AvgIpc) is 2.62. The van der Waals surface area contributed by atoms with E-state index in [2.05, 4.69) is 4.98 Å². The summed E-state index contributed by atoms with van der Waals surface area (Å²) in [7, 11) is 0. The number of fused-ring (bicyclic) bond motifs is 1. The predicted octanol–water partition coefficient (Wildman–Crippen LogP) is 4.43. The molecule has 1 atom stereocenters. The molecule has 0 saturated carbocycles. The molecule has 0 spiro atoms. The summed E-state index contributed by atoms with van der Waals surface area (Å²) in [5.74, 6) is -0.0215. The van der Waals surface area contributed by atoms with E-state index in [1.807, 2.05) is 32.0 Å². The number of hydrogen-bond acceptors (Lipinski definition) is 4. The highest BCUT2D eigenvalue weighted by atomic mass is 35.5. The molecule has 0 aliphatic rings. The van der Waals surface area contributed by atoms with Gasteiger partial charge in [0, 0.05) is 17.1 Å². The van der Waals surface area contributed by atoms with Gasteiger partial charge in [-0.1, -0.05) is 35.5 Å². The smallest absolute Gasteiger partial charge is 0.262 e. The van der Waals surface area contributed by atoms with Crippen molar-refractivity contribution in [3.8, 4) is 0 Å². The lowest BCUT2D eigenvalue weighted by atomic mass is 10.1. The molecule has 0 fully saturated rings. The van der Waals surface area contributed by atoms with E-state index in [4.69, 9.17) is 11.6 Å². The van der Waals surface area contributed by atoms with Gasteiger partial charge in [0.15, 0.2) is 10.9 Å². The number of ketones is 1. The van der Waals surface area contributed by atoms with Crippen LogP contribution in [0.15, 0.2) is 58.5 Å². The Morgan fingerprint density at radius 2 is 1.88 bits per heavy atom. The molecule has 0 amide bonds. The number of carbonyl (C=O) groups excluding carboxylic acids is 1. The Morgan fingerprint density at radius 3 is 2.56 bits per heavy atom. The van der Waals surface area contributed by atoms with E-state index in [-0.39, 0.29) is 16.6 Å². The van der Waals surface area contributed by atoms with E-state index in [0.717, 1.165) is 0 Å². The van der Waals surface area contributed by atoms with Crippen LogP contribution in [0.3, 0.4) is 0 Å². The summed E-state index contributed by atoms with van der Waals surface area (Å²) in [6.07, 6.45) is 0. The minimum atomic E-state index is -0.368. The van der Waals surface area contributed by atoms with Crippen molar-refractivity contribution in [3.63, 3.8) is 0 Å². The van der Waals surface area contributed by atoms with Gasteiger partial charge in [-0.3, -0.25) is 14.2 Å². The molecule has 6 heteroatoms. The maximum absolute atomic E-state index is 12.6. The molecule has 3 aromatic rings. The Morgan fingerprint density at radius 1 is 1.20 bits per heavy atom. The molecule has 3 rings (SSSR count). The van der Waals surface area contributed by atoms with Crippen molar-refractivity contribution in [1.29, 1.82) is 0 Å². The summed E-state index contributed by atoms with van der Waals surface area (Å²) in [5.41, 5.74) is 1.16. The number of aromatic nitrogens is 2. The third-order valence-corrected chi connectivity index (χ3v) is 5.27. The van der Waals surface area contributed by atoms with Gasteiger partial charge in [-0.15, -0.1) is 0 Å². The number of nitrogens with zero attached hydrogens (tertiary/aromatic N) is 2. The standard InChI is InChI=1S/C19H17ClN2O2S/c1-3-22-18(24)15-6-4-5-7-16(15)21-19(22)25-12(2)17(23)13-8-10-14(20)11-9-13/h4-12H,3H2,1-2H3/t12-/m0/s1. The topological polar surface area (TPSA) is 52.0 Å². The number of carbonyl (C=O) groups is 1. The van der Waals surface area contributed by atoms with Gasteiger partial charge in [0.1, 0.15) is 0 Å². The molecule has 2 aromatic carbocycles. The Balaban J connectivity index is 1.95. The van der Waals surface area contributed by atoms with Crippen molar-refractivity contribution in [1.82, 2.24) is 9.55 Å². The summed E-state index contributed by atoms with van der Waals surface area (Å²) in [6.45, 7) is 4.22. The second-order valence-corrected chi connectivity index (χ2v) is 7.34. The maximum Gasteiger partial charge on any atom is 0.262 e. The molecule has 0 radical (unpaired) electrons. The van der Waals surface area contributed by atoms with Crippen molar-refractivity contribution in [3.05, 3.63) is 69.5 Å². The van der Waals surface area contributed by atoms with Crippen LogP contribution in [0.4, 0.5) is 0 Å². The van der Waals surface area contributed by atoms with E-state index in [1.165, 1.54) is 11.8 Å². The van der Waals surface area contributed by atoms with E-state index in [1.54, 1.807) is 34.9 Å². The molecule has 0 aliphatic carbocycles. The summed E-state index contributed by atoms with van der Waals surface area (Å²) in [6, 6.07) is 14.1. The van der Waals surface area contributed by atoms with Crippen LogP contribution in [0.5, 0.6) is 0 Å². The summed E-state index contributed by atoms with van der Waals surface area (Å²) in [4.78, 5) is 29.9. The largest absolute Gasteiger partial charge is 0.293 e. The van der Waals surface area contributed by atoms with Gasteiger partial charge in [-0.25, -0.2) is 4.98 Å². The molecule has 0 N–H and O–H groups in total. The lowest BCUT2D eigenvalue weighted by Gasteiger charge is -2.14. The first-order valence-electron chi connectivity index (χ1n) is 7.97. The lowest BCUT2D eigenvalue weighted by Crippen LogP contribution is -2.24. The highest BCUT2D eigenvalue weighted by Gasteiger charge is 2.20. The Kier molecular flexibility index (Phi) is 5.25. The fourth-order valence-electron chi connectivity index (χ4n) is 2.58. The molecular formula is C19H17ClN2O2S. The third kappa shape index (κ3) is 3.62. The Bertz CT molecular complexity index is 983. The fourth-order valence-corrected chi connectivity index (χ4v) is 3.75. The Labute approximate surface area is 154 Å². The molecular weight excluding hydrogens is 356 g/mol. The van der Waals surface area contributed by atoms with Crippen LogP contribution in [0.1, 0.15) is 24.2 Å². The van der Waals surface area contributed by atoms with E-state index in [0.29, 0.717) is 33.2 Å². The third-order valence-electron chi connectivity index (χ3n) is 3.92. The molecule has 0 bridgehead atoms. The highest BCUT2D eigenvalue weighted by Crippen LogP contribution is 2.25. The first-order valence-corrected chi connectivity index (χ1v) is 9.23. The average molecular weight is 373 g/mol. The minimum Gasteiger partial charge on any atom is -0.293 e. The highest BCUT2D eigenvalue weighted by molar-refractivity contribution is 8.00. The van der Waals surface area contributed by atoms with Crippen LogP contribution >= 0.6 is 23.4 Å². The summed E-state index contributed by atoms with van der Waals surface area (Å²) < 4.78 is 1.61. The number of hydrogen-bond donors (Lipinski definition) is 0. The lowest BCUT2D eigenvalue weighted by molar-refractivity contribution is 0.0994. The molecule has 0 aliphatic heterocycles. The van der Waals surface area contributed by atoms with Gasteiger partial charge in [0.05, 0.1) is 16.2 Å². The van der Waals surface area contributed by atoms with Crippen molar-refractivity contribution in [2.24, 2.45) is 0 Å². The normalized spacial score (nSPS) is 12.3. The van der Waals surface area contributed by atoms with Crippen LogP contribution in [0.25, 0.3) is 10.9 Å². The zero-order valence-corrected chi connectivity index (χ0v) is 15.5. The van der Waals surface area contributed by atoms with Gasteiger partial charge >= 0.3 is 0 Å². The Hall–Kier alpha value is -2.11. The van der Waals surface area contributed by atoms with Gasteiger partial charge in [-0.2, -0.15) is 0 Å². The fraction of sp³-hybridized carbons (Fsp3) is 0.211. The predicted molar refractivity (Wildman–Crippen MR) is 103 cm³/mol. The molecule has 128 valence electrons. The van der Waals surface area contributed by atoms with Crippen molar-refractivity contribution in [2.45, 2.75) is 30.8 Å². The van der Waals surface area contributed by atoms with Gasteiger partial charge in [0.25, 0.3) is 5.56 Å². The summed E-state index contributed by atoms with van der Waals surface area (Å²) >= 11 is 7.17. The SMILES string of the molecule is CCn1c(S[C@@H](C)C(=O)c2ccc(Cl)cc2)nc2ccccc2c1=O. The van der Waals surface area contributed by atoms with Crippen LogP contribution < -0.4 is 5.56 Å². The molecule has 0 saturated heterocycles. The van der Waals surface area contributed by atoms with Gasteiger partial charge < -0.3 is 0 Å². The van der Waals surface area contributed by atoms with Gasteiger partial charge in [0.2, 0.25) is 0 Å². The molecule has 0 unspecified atom stereocenters. The first-order chi connectivity index (χ1) is 12.0. The van der Waals surface area contributed by atoms with E-state index < -0.39 is 0 Å². The maximum atomic E-state index is 12.6. The van der Waals surface area contributed by atoms with Crippen molar-refractivity contribution < 1.29 is 4.79 Å². The molecule has 1 aromatic heterocycles. The quantitative estimate of drug-likeness (QED) is 0.377. The number of halogens is 1. The summed E-state index contributed by atoms with van der Waals surface area (Å²) in [5, 5.41) is 1.37. The number of para-hydroxylation sites is 1. The van der Waals surface area contributed by atoms with Crippen LogP contribution in [0.2, 0.25) is 5.02 Å². The number of benzene rings is 2. The number of thioether (sulfide) groups is 1. The van der Waals surface area contributed by atoms with Crippen LogP contribution in [0, 0.1) is 0 Å². The number of rotatable bonds is 5. The second-order valence-electron chi connectivity index (χ2n) is 5.59. The molecule has 4 nitrogen and oxygen atoms in total. The molecule has 1 heterocycles. The first kappa shape index (κ1) is 17.7.